The minimum Gasteiger partial charge on any atom is -0.379 e. The topological polar surface area (TPSA) is 99.8 Å². The SMILES string of the molecule is O=C(NNC(=S)N[C@H]1C[C@H]2CC[C@H]1C2)c1cccc(S(=O)(=O)N2CCOCC2)c1. The average Bonchev–Trinajstić information content (AvgIpc) is 3.36. The number of ether oxygens (including phenoxy) is 1. The number of amides is 1. The largest absolute Gasteiger partial charge is 0.379 e. The van der Waals surface area contributed by atoms with Gasteiger partial charge in [0.05, 0.1) is 18.1 Å². The molecule has 1 amide bonds. The molecule has 3 N–H and O–H groups in total. The minimum absolute atomic E-state index is 0.0923. The van der Waals surface area contributed by atoms with Crippen molar-refractivity contribution in [2.75, 3.05) is 26.3 Å². The summed E-state index contributed by atoms with van der Waals surface area (Å²) in [5.74, 6) is 1.02. The number of hydrazine groups is 1. The van der Waals surface area contributed by atoms with E-state index in [0.717, 1.165) is 12.3 Å². The number of carbonyl (C=O) groups is 1. The second kappa shape index (κ2) is 8.55. The molecule has 29 heavy (non-hydrogen) atoms. The van der Waals surface area contributed by atoms with Gasteiger partial charge < -0.3 is 10.1 Å². The zero-order chi connectivity index (χ0) is 20.4. The molecule has 0 aromatic heterocycles. The zero-order valence-electron chi connectivity index (χ0n) is 16.1. The molecule has 0 radical (unpaired) electrons. The van der Waals surface area contributed by atoms with Crippen LogP contribution in [0.2, 0.25) is 0 Å². The molecule has 4 rings (SSSR count). The molecule has 1 saturated heterocycles. The van der Waals surface area contributed by atoms with E-state index in [9.17, 15) is 13.2 Å². The number of carbonyl (C=O) groups excluding carboxylic acids is 1. The van der Waals surface area contributed by atoms with E-state index in [1.54, 1.807) is 12.1 Å². The summed E-state index contributed by atoms with van der Waals surface area (Å²) in [5.41, 5.74) is 5.53. The van der Waals surface area contributed by atoms with Crippen LogP contribution in [0.15, 0.2) is 29.2 Å². The van der Waals surface area contributed by atoms with E-state index >= 15 is 0 Å². The summed E-state index contributed by atoms with van der Waals surface area (Å²) < 4.78 is 32.1. The molecule has 1 aromatic carbocycles. The van der Waals surface area contributed by atoms with Crippen LogP contribution < -0.4 is 16.2 Å². The average molecular weight is 439 g/mol. The van der Waals surface area contributed by atoms with Crippen LogP contribution in [-0.4, -0.2) is 56.1 Å². The molecule has 8 nitrogen and oxygen atoms in total. The van der Waals surface area contributed by atoms with Crippen molar-refractivity contribution in [1.29, 1.82) is 0 Å². The predicted octanol–water partition coefficient (Wildman–Crippen LogP) is 1.00. The molecule has 0 spiro atoms. The molecule has 3 atom stereocenters. The normalized spacial score (nSPS) is 26.8. The monoisotopic (exact) mass is 438 g/mol. The standard InChI is InChI=1S/C19H26N4O4S2/c24-18(21-22-19(28)20-17-11-13-4-5-14(17)10-13)15-2-1-3-16(12-15)29(25,26)23-6-8-27-9-7-23/h1-3,12-14,17H,4-11H2,(H,21,24)(H2,20,22,28)/t13-,14-,17-/m0/s1. The van der Waals surface area contributed by atoms with Crippen molar-refractivity contribution in [3.8, 4) is 0 Å². The van der Waals surface area contributed by atoms with Crippen LogP contribution in [0.1, 0.15) is 36.0 Å². The van der Waals surface area contributed by atoms with E-state index in [1.165, 1.54) is 35.7 Å². The van der Waals surface area contributed by atoms with Crippen molar-refractivity contribution in [2.24, 2.45) is 11.8 Å². The van der Waals surface area contributed by atoms with Crippen LogP contribution in [0.5, 0.6) is 0 Å². The van der Waals surface area contributed by atoms with E-state index in [-0.39, 0.29) is 10.5 Å². The van der Waals surface area contributed by atoms with Crippen molar-refractivity contribution >= 4 is 33.3 Å². The Morgan fingerprint density at radius 2 is 1.93 bits per heavy atom. The Balaban J connectivity index is 1.34. The molecular formula is C19H26N4O4S2. The first kappa shape index (κ1) is 20.5. The maximum absolute atomic E-state index is 12.8. The van der Waals surface area contributed by atoms with Crippen LogP contribution >= 0.6 is 12.2 Å². The van der Waals surface area contributed by atoms with Crippen molar-refractivity contribution in [2.45, 2.75) is 36.6 Å². The summed E-state index contributed by atoms with van der Waals surface area (Å²) >= 11 is 5.29. The van der Waals surface area contributed by atoms with Crippen molar-refractivity contribution in [3.63, 3.8) is 0 Å². The van der Waals surface area contributed by atoms with Crippen LogP contribution in [0, 0.1) is 11.8 Å². The highest BCUT2D eigenvalue weighted by atomic mass is 32.2. The van der Waals surface area contributed by atoms with E-state index in [0.29, 0.717) is 43.4 Å². The Hall–Kier alpha value is -1.75. The van der Waals surface area contributed by atoms with Crippen LogP contribution in [0.4, 0.5) is 0 Å². The van der Waals surface area contributed by atoms with Gasteiger partial charge in [-0.3, -0.25) is 15.6 Å². The van der Waals surface area contributed by atoms with Gasteiger partial charge in [0, 0.05) is 24.7 Å². The lowest BCUT2D eigenvalue weighted by Gasteiger charge is -2.26. The molecular weight excluding hydrogens is 412 g/mol. The lowest BCUT2D eigenvalue weighted by atomic mass is 9.96. The Morgan fingerprint density at radius 3 is 2.62 bits per heavy atom. The van der Waals surface area contributed by atoms with E-state index < -0.39 is 15.9 Å². The number of nitrogens with zero attached hydrogens (tertiary/aromatic N) is 1. The van der Waals surface area contributed by atoms with Crippen LogP contribution in [0.25, 0.3) is 0 Å². The number of benzene rings is 1. The number of hydrogen-bond donors (Lipinski definition) is 3. The van der Waals surface area contributed by atoms with E-state index in [1.807, 2.05) is 0 Å². The molecule has 1 aromatic rings. The first-order chi connectivity index (χ1) is 13.9. The molecule has 2 aliphatic carbocycles. The molecule has 1 aliphatic heterocycles. The fraction of sp³-hybridized carbons (Fsp3) is 0.579. The molecule has 1 heterocycles. The Morgan fingerprint density at radius 1 is 1.14 bits per heavy atom. The quantitative estimate of drug-likeness (QED) is 0.476. The highest BCUT2D eigenvalue weighted by molar-refractivity contribution is 7.89. The van der Waals surface area contributed by atoms with Gasteiger partial charge in [-0.05, 0) is 61.5 Å². The summed E-state index contributed by atoms with van der Waals surface area (Å²) in [6.07, 6.45) is 4.93. The zero-order valence-corrected chi connectivity index (χ0v) is 17.7. The summed E-state index contributed by atoms with van der Waals surface area (Å²) in [6, 6.07) is 6.38. The van der Waals surface area contributed by atoms with Crippen LogP contribution in [0.3, 0.4) is 0 Å². The fourth-order valence-electron chi connectivity index (χ4n) is 4.55. The molecule has 3 aliphatic rings. The fourth-order valence-corrected chi connectivity index (χ4v) is 6.20. The van der Waals surface area contributed by atoms with Crippen molar-refractivity contribution < 1.29 is 17.9 Å². The van der Waals surface area contributed by atoms with Gasteiger partial charge in [0.25, 0.3) is 5.91 Å². The second-order valence-electron chi connectivity index (χ2n) is 7.88. The van der Waals surface area contributed by atoms with Gasteiger partial charge in [0.15, 0.2) is 5.11 Å². The van der Waals surface area contributed by atoms with E-state index in [4.69, 9.17) is 17.0 Å². The summed E-state index contributed by atoms with van der Waals surface area (Å²) in [5, 5.41) is 3.67. The highest BCUT2D eigenvalue weighted by Crippen LogP contribution is 2.44. The predicted molar refractivity (Wildman–Crippen MR) is 112 cm³/mol. The molecule has 2 saturated carbocycles. The lowest BCUT2D eigenvalue weighted by Crippen LogP contribution is -2.50. The van der Waals surface area contributed by atoms with Crippen molar-refractivity contribution in [3.05, 3.63) is 29.8 Å². The van der Waals surface area contributed by atoms with Gasteiger partial charge in [-0.2, -0.15) is 4.31 Å². The summed E-state index contributed by atoms with van der Waals surface area (Å²) in [7, 11) is -3.66. The minimum atomic E-state index is -3.66. The smallest absolute Gasteiger partial charge is 0.269 e. The van der Waals surface area contributed by atoms with Crippen molar-refractivity contribution in [1.82, 2.24) is 20.5 Å². The maximum atomic E-state index is 12.8. The lowest BCUT2D eigenvalue weighted by molar-refractivity contribution is 0.0730. The van der Waals surface area contributed by atoms with Gasteiger partial charge in [-0.1, -0.05) is 12.5 Å². The number of rotatable bonds is 4. The third kappa shape index (κ3) is 4.55. The molecule has 0 unspecified atom stereocenters. The number of thiocarbonyl (C=S) groups is 1. The Bertz CT molecular complexity index is 886. The van der Waals surface area contributed by atoms with Gasteiger partial charge in [-0.25, -0.2) is 8.42 Å². The first-order valence-electron chi connectivity index (χ1n) is 9.98. The molecule has 2 bridgehead atoms. The molecule has 3 fully saturated rings. The number of nitrogens with one attached hydrogen (secondary N) is 3. The Kier molecular flexibility index (Phi) is 6.05. The van der Waals surface area contributed by atoms with E-state index in [2.05, 4.69) is 16.2 Å². The van der Waals surface area contributed by atoms with Gasteiger partial charge in [0.2, 0.25) is 10.0 Å². The molecule has 10 heteroatoms. The number of hydrogen-bond acceptors (Lipinski definition) is 5. The van der Waals surface area contributed by atoms with Gasteiger partial charge >= 0.3 is 0 Å². The summed E-state index contributed by atoms with van der Waals surface area (Å²) in [4.78, 5) is 12.6. The second-order valence-corrected chi connectivity index (χ2v) is 10.2. The van der Waals surface area contributed by atoms with Crippen LogP contribution in [-0.2, 0) is 14.8 Å². The first-order valence-corrected chi connectivity index (χ1v) is 11.8. The molecule has 158 valence electrons. The number of sulfonamides is 1. The number of fused-ring (bicyclic) bond motifs is 2. The Labute approximate surface area is 176 Å². The third-order valence-electron chi connectivity index (χ3n) is 6.05. The third-order valence-corrected chi connectivity index (χ3v) is 8.16. The van der Waals surface area contributed by atoms with Gasteiger partial charge in [0.1, 0.15) is 0 Å². The maximum Gasteiger partial charge on any atom is 0.269 e. The highest BCUT2D eigenvalue weighted by Gasteiger charge is 2.39. The number of morpholine rings is 1. The summed E-state index contributed by atoms with van der Waals surface area (Å²) in [6.45, 7) is 1.36. The van der Waals surface area contributed by atoms with Gasteiger partial charge in [-0.15, -0.1) is 0 Å².